The standard InChI is InChI=1S/C16H14F4O/c1-11-3-5-12(6-4-11)15(17,18)16(19,20)13-7-9-14(21-2)10-8-13/h3-10H,1-2H3. The third kappa shape index (κ3) is 2.73. The van der Waals surface area contributed by atoms with E-state index >= 15 is 0 Å². The van der Waals surface area contributed by atoms with E-state index in [1.54, 1.807) is 6.92 Å². The Labute approximate surface area is 120 Å². The average molecular weight is 298 g/mol. The van der Waals surface area contributed by atoms with Crippen LogP contribution in [-0.2, 0) is 11.8 Å². The first kappa shape index (κ1) is 15.4. The Morgan fingerprint density at radius 2 is 1.10 bits per heavy atom. The maximum absolute atomic E-state index is 14.2. The van der Waals surface area contributed by atoms with E-state index in [9.17, 15) is 17.6 Å². The Hall–Kier alpha value is -2.04. The Morgan fingerprint density at radius 1 is 0.714 bits per heavy atom. The fourth-order valence-electron chi connectivity index (χ4n) is 1.93. The van der Waals surface area contributed by atoms with Gasteiger partial charge in [0.15, 0.2) is 0 Å². The molecule has 0 amide bonds. The summed E-state index contributed by atoms with van der Waals surface area (Å²) in [4.78, 5) is 0. The number of aryl methyl sites for hydroxylation is 1. The molecule has 0 saturated carbocycles. The molecule has 0 bridgehead atoms. The van der Waals surface area contributed by atoms with Crippen LogP contribution in [0.25, 0.3) is 0 Å². The second kappa shape index (κ2) is 5.39. The molecule has 0 radical (unpaired) electrons. The van der Waals surface area contributed by atoms with E-state index in [4.69, 9.17) is 4.74 Å². The molecule has 2 aromatic rings. The summed E-state index contributed by atoms with van der Waals surface area (Å²) in [5.41, 5.74) is -0.745. The summed E-state index contributed by atoms with van der Waals surface area (Å²) < 4.78 is 61.5. The van der Waals surface area contributed by atoms with Crippen molar-refractivity contribution in [1.29, 1.82) is 0 Å². The van der Waals surface area contributed by atoms with Gasteiger partial charge in [-0.3, -0.25) is 0 Å². The van der Waals surface area contributed by atoms with E-state index in [-0.39, 0.29) is 0 Å². The molecule has 112 valence electrons. The zero-order chi connectivity index (χ0) is 15.7. The fourth-order valence-corrected chi connectivity index (χ4v) is 1.93. The lowest BCUT2D eigenvalue weighted by Gasteiger charge is -2.27. The van der Waals surface area contributed by atoms with Crippen LogP contribution in [-0.4, -0.2) is 7.11 Å². The smallest absolute Gasteiger partial charge is 0.339 e. The predicted octanol–water partition coefficient (Wildman–Crippen LogP) is 4.89. The Kier molecular flexibility index (Phi) is 3.94. The molecule has 0 aliphatic rings. The molecule has 5 heteroatoms. The van der Waals surface area contributed by atoms with Crippen molar-refractivity contribution in [2.24, 2.45) is 0 Å². The molecule has 2 rings (SSSR count). The molecule has 0 aliphatic heterocycles. The molecule has 0 heterocycles. The summed E-state index contributed by atoms with van der Waals surface area (Å²) in [7, 11) is 1.37. The van der Waals surface area contributed by atoms with Crippen LogP contribution >= 0.6 is 0 Å². The second-order valence-corrected chi connectivity index (χ2v) is 4.74. The van der Waals surface area contributed by atoms with Crippen molar-refractivity contribution < 1.29 is 22.3 Å². The van der Waals surface area contributed by atoms with Gasteiger partial charge in [-0.2, -0.15) is 17.6 Å². The maximum atomic E-state index is 14.2. The van der Waals surface area contributed by atoms with E-state index in [0.29, 0.717) is 5.75 Å². The molecule has 21 heavy (non-hydrogen) atoms. The normalized spacial score (nSPS) is 12.3. The van der Waals surface area contributed by atoms with Gasteiger partial charge in [-0.1, -0.05) is 29.8 Å². The quantitative estimate of drug-likeness (QED) is 0.730. The summed E-state index contributed by atoms with van der Waals surface area (Å²) in [6, 6.07) is 9.16. The summed E-state index contributed by atoms with van der Waals surface area (Å²) >= 11 is 0. The molecule has 0 atom stereocenters. The average Bonchev–Trinajstić information content (AvgIpc) is 2.47. The molecule has 0 aromatic heterocycles. The SMILES string of the molecule is COc1ccc(C(F)(F)C(F)(F)c2ccc(C)cc2)cc1. The lowest BCUT2D eigenvalue weighted by molar-refractivity contribution is -0.223. The topological polar surface area (TPSA) is 9.23 Å². The number of halogens is 4. The number of hydrogen-bond acceptors (Lipinski definition) is 1. The maximum Gasteiger partial charge on any atom is 0.339 e. The van der Waals surface area contributed by atoms with Crippen molar-refractivity contribution in [1.82, 2.24) is 0 Å². The monoisotopic (exact) mass is 298 g/mol. The Morgan fingerprint density at radius 3 is 1.48 bits per heavy atom. The molecular formula is C16H14F4O. The largest absolute Gasteiger partial charge is 0.497 e. The van der Waals surface area contributed by atoms with Crippen LogP contribution in [0.5, 0.6) is 5.75 Å². The summed E-state index contributed by atoms with van der Waals surface area (Å²) in [6.45, 7) is 1.70. The number of benzene rings is 2. The molecule has 2 aromatic carbocycles. The highest BCUT2D eigenvalue weighted by molar-refractivity contribution is 5.34. The highest BCUT2D eigenvalue weighted by Crippen LogP contribution is 2.49. The van der Waals surface area contributed by atoms with E-state index in [1.165, 1.54) is 31.4 Å². The van der Waals surface area contributed by atoms with E-state index in [1.807, 2.05) is 0 Å². The minimum Gasteiger partial charge on any atom is -0.497 e. The third-order valence-corrected chi connectivity index (χ3v) is 3.26. The number of alkyl halides is 4. The molecule has 0 fully saturated rings. The van der Waals surface area contributed by atoms with Crippen LogP contribution in [0.3, 0.4) is 0 Å². The Balaban J connectivity index is 2.41. The van der Waals surface area contributed by atoms with Crippen molar-refractivity contribution in [3.05, 3.63) is 65.2 Å². The number of hydrogen-bond donors (Lipinski definition) is 0. The Bertz CT molecular complexity index is 603. The van der Waals surface area contributed by atoms with Gasteiger partial charge in [0.1, 0.15) is 5.75 Å². The first-order chi connectivity index (χ1) is 9.79. The molecular weight excluding hydrogens is 284 g/mol. The zero-order valence-electron chi connectivity index (χ0n) is 11.5. The molecule has 0 saturated heterocycles. The molecule has 0 N–H and O–H groups in total. The van der Waals surface area contributed by atoms with E-state index in [0.717, 1.165) is 29.8 Å². The number of methoxy groups -OCH3 is 1. The number of ether oxygens (including phenoxy) is 1. The predicted molar refractivity (Wildman–Crippen MR) is 72.0 cm³/mol. The lowest BCUT2D eigenvalue weighted by atomic mass is 9.95. The van der Waals surface area contributed by atoms with Gasteiger partial charge in [-0.05, 0) is 31.2 Å². The van der Waals surface area contributed by atoms with Crippen molar-refractivity contribution in [2.75, 3.05) is 7.11 Å². The van der Waals surface area contributed by atoms with Gasteiger partial charge in [0.25, 0.3) is 0 Å². The van der Waals surface area contributed by atoms with Gasteiger partial charge < -0.3 is 4.74 Å². The summed E-state index contributed by atoms with van der Waals surface area (Å²) in [5.74, 6) is -8.28. The van der Waals surface area contributed by atoms with Crippen LogP contribution in [0.1, 0.15) is 16.7 Å². The zero-order valence-corrected chi connectivity index (χ0v) is 11.5. The van der Waals surface area contributed by atoms with E-state index in [2.05, 4.69) is 0 Å². The summed E-state index contributed by atoms with van der Waals surface area (Å²) in [5, 5.41) is 0. The lowest BCUT2D eigenvalue weighted by Crippen LogP contribution is -2.35. The fraction of sp³-hybridized carbons (Fsp3) is 0.250. The highest BCUT2D eigenvalue weighted by Gasteiger charge is 2.58. The molecule has 1 nitrogen and oxygen atoms in total. The second-order valence-electron chi connectivity index (χ2n) is 4.74. The van der Waals surface area contributed by atoms with Crippen molar-refractivity contribution in [3.8, 4) is 5.75 Å². The number of rotatable bonds is 4. The van der Waals surface area contributed by atoms with Gasteiger partial charge in [0, 0.05) is 11.1 Å². The van der Waals surface area contributed by atoms with Gasteiger partial charge in [0.05, 0.1) is 7.11 Å². The van der Waals surface area contributed by atoms with Gasteiger partial charge in [-0.25, -0.2) is 0 Å². The van der Waals surface area contributed by atoms with Crippen LogP contribution in [0.2, 0.25) is 0 Å². The first-order valence-electron chi connectivity index (χ1n) is 6.26. The van der Waals surface area contributed by atoms with Gasteiger partial charge >= 0.3 is 11.8 Å². The minimum atomic E-state index is -4.31. The van der Waals surface area contributed by atoms with Crippen LogP contribution in [0.4, 0.5) is 17.6 Å². The van der Waals surface area contributed by atoms with E-state index < -0.39 is 23.0 Å². The first-order valence-corrected chi connectivity index (χ1v) is 6.26. The van der Waals surface area contributed by atoms with Gasteiger partial charge in [0.2, 0.25) is 0 Å². The minimum absolute atomic E-state index is 0.327. The molecule has 0 aliphatic carbocycles. The van der Waals surface area contributed by atoms with Crippen LogP contribution in [0, 0.1) is 6.92 Å². The van der Waals surface area contributed by atoms with Gasteiger partial charge in [-0.15, -0.1) is 0 Å². The van der Waals surface area contributed by atoms with Crippen molar-refractivity contribution >= 4 is 0 Å². The molecule has 0 unspecified atom stereocenters. The van der Waals surface area contributed by atoms with Crippen LogP contribution < -0.4 is 4.74 Å². The summed E-state index contributed by atoms with van der Waals surface area (Å²) in [6.07, 6.45) is 0. The molecule has 0 spiro atoms. The highest BCUT2D eigenvalue weighted by atomic mass is 19.3. The van der Waals surface area contributed by atoms with Crippen LogP contribution in [0.15, 0.2) is 48.5 Å². The third-order valence-electron chi connectivity index (χ3n) is 3.26. The van der Waals surface area contributed by atoms with Crippen molar-refractivity contribution in [3.63, 3.8) is 0 Å². The van der Waals surface area contributed by atoms with Crippen molar-refractivity contribution in [2.45, 2.75) is 18.8 Å².